The maximum absolute atomic E-state index is 11.7. The number of rotatable bonds is 5. The van der Waals surface area contributed by atoms with Crippen LogP contribution < -0.4 is 10.6 Å². The summed E-state index contributed by atoms with van der Waals surface area (Å²) in [5.41, 5.74) is -0.240. The van der Waals surface area contributed by atoms with E-state index < -0.39 is 0 Å². The summed E-state index contributed by atoms with van der Waals surface area (Å²) in [5, 5.41) is 15.3. The highest BCUT2D eigenvalue weighted by Gasteiger charge is 2.18. The van der Waals surface area contributed by atoms with E-state index in [1.54, 1.807) is 0 Å². The minimum Gasteiger partial charge on any atom is -0.396 e. The van der Waals surface area contributed by atoms with Crippen molar-refractivity contribution in [3.05, 3.63) is 0 Å². The van der Waals surface area contributed by atoms with E-state index in [1.807, 2.05) is 13.8 Å². The summed E-state index contributed by atoms with van der Waals surface area (Å²) in [4.78, 5) is 13.9. The molecule has 0 radical (unpaired) electrons. The van der Waals surface area contributed by atoms with Crippen molar-refractivity contribution in [2.45, 2.75) is 20.3 Å². The van der Waals surface area contributed by atoms with Crippen molar-refractivity contribution in [3.8, 4) is 0 Å². The topological polar surface area (TPSA) is 64.6 Å². The van der Waals surface area contributed by atoms with Gasteiger partial charge in [0.05, 0.1) is 6.54 Å². The van der Waals surface area contributed by atoms with Crippen LogP contribution in [0.25, 0.3) is 0 Å². The van der Waals surface area contributed by atoms with Crippen LogP contribution in [0.2, 0.25) is 0 Å². The molecule has 100 valence electrons. The Morgan fingerprint density at radius 3 is 2.88 bits per heavy atom. The van der Waals surface area contributed by atoms with Crippen molar-refractivity contribution in [2.24, 2.45) is 5.41 Å². The first kappa shape index (κ1) is 14.4. The standard InChI is InChI=1S/C12H25N3O2/c1-12(2,10-16)9-14-11(17)8-15-6-3-4-13-5-7-15/h13,16H,3-10H2,1-2H3,(H,14,17). The second-order valence-corrected chi connectivity index (χ2v) is 5.48. The number of amides is 1. The van der Waals surface area contributed by atoms with Gasteiger partial charge < -0.3 is 15.7 Å². The van der Waals surface area contributed by atoms with Crippen molar-refractivity contribution in [3.63, 3.8) is 0 Å². The highest BCUT2D eigenvalue weighted by Crippen LogP contribution is 2.10. The van der Waals surface area contributed by atoms with E-state index in [9.17, 15) is 4.79 Å². The van der Waals surface area contributed by atoms with Crippen LogP contribution in [0.5, 0.6) is 0 Å². The highest BCUT2D eigenvalue weighted by atomic mass is 16.3. The van der Waals surface area contributed by atoms with Crippen LogP contribution in [0.1, 0.15) is 20.3 Å². The molecule has 5 nitrogen and oxygen atoms in total. The highest BCUT2D eigenvalue weighted by molar-refractivity contribution is 5.78. The van der Waals surface area contributed by atoms with Gasteiger partial charge in [-0.3, -0.25) is 9.69 Å². The third-order valence-electron chi connectivity index (χ3n) is 2.99. The van der Waals surface area contributed by atoms with Crippen LogP contribution in [0, 0.1) is 5.41 Å². The van der Waals surface area contributed by atoms with Gasteiger partial charge in [0.2, 0.25) is 5.91 Å². The van der Waals surface area contributed by atoms with Crippen molar-refractivity contribution in [1.29, 1.82) is 0 Å². The molecule has 0 bridgehead atoms. The van der Waals surface area contributed by atoms with E-state index in [0.717, 1.165) is 32.6 Å². The predicted molar refractivity (Wildman–Crippen MR) is 67.8 cm³/mol. The fourth-order valence-corrected chi connectivity index (χ4v) is 1.71. The lowest BCUT2D eigenvalue weighted by Gasteiger charge is -2.24. The fraction of sp³-hybridized carbons (Fsp3) is 0.917. The Morgan fingerprint density at radius 2 is 2.18 bits per heavy atom. The van der Waals surface area contributed by atoms with Crippen LogP contribution >= 0.6 is 0 Å². The molecule has 0 aromatic heterocycles. The molecule has 1 rings (SSSR count). The first-order valence-electron chi connectivity index (χ1n) is 6.34. The van der Waals surface area contributed by atoms with Crippen LogP contribution in [0.3, 0.4) is 0 Å². The molecule has 3 N–H and O–H groups in total. The van der Waals surface area contributed by atoms with E-state index in [-0.39, 0.29) is 17.9 Å². The normalized spacial score (nSPS) is 18.8. The van der Waals surface area contributed by atoms with E-state index in [2.05, 4.69) is 15.5 Å². The minimum absolute atomic E-state index is 0.0495. The number of aliphatic hydroxyl groups excluding tert-OH is 1. The zero-order chi connectivity index (χ0) is 12.7. The number of aliphatic hydroxyl groups is 1. The number of carbonyl (C=O) groups is 1. The van der Waals surface area contributed by atoms with E-state index >= 15 is 0 Å². The van der Waals surface area contributed by atoms with Gasteiger partial charge in [-0.25, -0.2) is 0 Å². The van der Waals surface area contributed by atoms with E-state index in [1.165, 1.54) is 0 Å². The van der Waals surface area contributed by atoms with E-state index in [4.69, 9.17) is 5.11 Å². The van der Waals surface area contributed by atoms with Gasteiger partial charge in [0.25, 0.3) is 0 Å². The Kier molecular flexibility index (Phi) is 5.88. The molecular weight excluding hydrogens is 218 g/mol. The molecule has 1 fully saturated rings. The molecule has 0 saturated carbocycles. The molecule has 1 aliphatic heterocycles. The Labute approximate surface area is 104 Å². The molecule has 0 atom stereocenters. The van der Waals surface area contributed by atoms with Crippen molar-refractivity contribution in [2.75, 3.05) is 45.9 Å². The van der Waals surface area contributed by atoms with Gasteiger partial charge in [0, 0.05) is 31.7 Å². The zero-order valence-electron chi connectivity index (χ0n) is 11.0. The summed E-state index contributed by atoms with van der Waals surface area (Å²) in [7, 11) is 0. The fourth-order valence-electron chi connectivity index (χ4n) is 1.71. The Balaban J connectivity index is 2.24. The number of nitrogens with zero attached hydrogens (tertiary/aromatic N) is 1. The number of hydrogen-bond acceptors (Lipinski definition) is 4. The lowest BCUT2D eigenvalue weighted by molar-refractivity contribution is -0.122. The van der Waals surface area contributed by atoms with Gasteiger partial charge in [-0.05, 0) is 19.5 Å². The lowest BCUT2D eigenvalue weighted by Crippen LogP contribution is -2.42. The van der Waals surface area contributed by atoms with Gasteiger partial charge in [0.15, 0.2) is 0 Å². The summed E-state index contributed by atoms with van der Waals surface area (Å²) in [6.07, 6.45) is 1.09. The molecule has 1 amide bonds. The molecule has 1 aliphatic rings. The summed E-state index contributed by atoms with van der Waals surface area (Å²) in [6.45, 7) is 8.83. The molecule has 0 unspecified atom stereocenters. The summed E-state index contributed by atoms with van der Waals surface area (Å²) in [6, 6.07) is 0. The van der Waals surface area contributed by atoms with Crippen molar-refractivity contribution >= 4 is 5.91 Å². The smallest absolute Gasteiger partial charge is 0.234 e. The lowest BCUT2D eigenvalue weighted by atomic mass is 9.95. The first-order valence-corrected chi connectivity index (χ1v) is 6.34. The van der Waals surface area contributed by atoms with Gasteiger partial charge in [-0.15, -0.1) is 0 Å². The second kappa shape index (κ2) is 6.93. The maximum Gasteiger partial charge on any atom is 0.234 e. The molecule has 1 saturated heterocycles. The molecule has 0 aromatic carbocycles. The van der Waals surface area contributed by atoms with Gasteiger partial charge in [-0.2, -0.15) is 0 Å². The predicted octanol–water partition coefficient (Wildman–Crippen LogP) is -0.584. The summed E-state index contributed by atoms with van der Waals surface area (Å²) < 4.78 is 0. The molecule has 0 spiro atoms. The summed E-state index contributed by atoms with van der Waals surface area (Å²) >= 11 is 0. The third-order valence-corrected chi connectivity index (χ3v) is 2.99. The molecular formula is C12H25N3O2. The van der Waals surface area contributed by atoms with Gasteiger partial charge in [-0.1, -0.05) is 13.8 Å². The molecule has 0 aliphatic carbocycles. The Morgan fingerprint density at radius 1 is 1.41 bits per heavy atom. The SMILES string of the molecule is CC(C)(CO)CNC(=O)CN1CCCNCC1. The van der Waals surface area contributed by atoms with Gasteiger partial charge in [0.1, 0.15) is 0 Å². The van der Waals surface area contributed by atoms with Crippen molar-refractivity contribution < 1.29 is 9.90 Å². The van der Waals surface area contributed by atoms with Gasteiger partial charge >= 0.3 is 0 Å². The molecule has 1 heterocycles. The minimum atomic E-state index is -0.240. The zero-order valence-corrected chi connectivity index (χ0v) is 11.0. The monoisotopic (exact) mass is 243 g/mol. The molecule has 5 heteroatoms. The van der Waals surface area contributed by atoms with Crippen molar-refractivity contribution in [1.82, 2.24) is 15.5 Å². The van der Waals surface area contributed by atoms with Crippen LogP contribution in [0.15, 0.2) is 0 Å². The Hall–Kier alpha value is -0.650. The van der Waals surface area contributed by atoms with E-state index in [0.29, 0.717) is 13.1 Å². The number of nitrogens with one attached hydrogen (secondary N) is 2. The molecule has 17 heavy (non-hydrogen) atoms. The second-order valence-electron chi connectivity index (χ2n) is 5.48. The quantitative estimate of drug-likeness (QED) is 0.604. The number of carbonyl (C=O) groups excluding carboxylic acids is 1. The maximum atomic E-state index is 11.7. The van der Waals surface area contributed by atoms with Crippen LogP contribution in [-0.4, -0.2) is 61.8 Å². The van der Waals surface area contributed by atoms with Crippen LogP contribution in [0.4, 0.5) is 0 Å². The molecule has 0 aromatic rings. The van der Waals surface area contributed by atoms with Crippen LogP contribution in [-0.2, 0) is 4.79 Å². The third kappa shape index (κ3) is 6.00. The summed E-state index contributed by atoms with van der Waals surface area (Å²) in [5.74, 6) is 0.0495. The average Bonchev–Trinajstić information content (AvgIpc) is 2.55. The number of hydrogen-bond donors (Lipinski definition) is 3. The Bertz CT molecular complexity index is 236. The first-order chi connectivity index (χ1) is 8.03. The largest absolute Gasteiger partial charge is 0.396 e. The average molecular weight is 243 g/mol.